The van der Waals surface area contributed by atoms with Crippen LogP contribution >= 0.6 is 23.2 Å². The average molecular weight is 572 g/mol. The number of hydrogen-bond donors (Lipinski definition) is 2. The molecular weight excluding hydrogens is 539 g/mol. The zero-order valence-electron chi connectivity index (χ0n) is 22.1. The van der Waals surface area contributed by atoms with Crippen molar-refractivity contribution in [3.63, 3.8) is 0 Å². The highest BCUT2D eigenvalue weighted by Crippen LogP contribution is 2.31. The maximum Gasteiger partial charge on any atom is 0.258 e. The van der Waals surface area contributed by atoms with Crippen LogP contribution in [0.4, 0.5) is 5.69 Å². The van der Waals surface area contributed by atoms with E-state index in [-0.39, 0.29) is 30.4 Å². The summed E-state index contributed by atoms with van der Waals surface area (Å²) in [7, 11) is 2.00. The quantitative estimate of drug-likeness (QED) is 0.396. The van der Waals surface area contributed by atoms with Gasteiger partial charge in [0.15, 0.2) is 0 Å². The van der Waals surface area contributed by atoms with Gasteiger partial charge in [0.05, 0.1) is 28.3 Å². The number of fused-ring (bicyclic) bond motifs is 1. The van der Waals surface area contributed by atoms with Crippen molar-refractivity contribution in [3.05, 3.63) is 87.7 Å². The van der Waals surface area contributed by atoms with E-state index in [2.05, 4.69) is 15.2 Å². The van der Waals surface area contributed by atoms with Crippen LogP contribution in [-0.2, 0) is 6.54 Å². The third-order valence-corrected chi connectivity index (χ3v) is 7.53. The lowest BCUT2D eigenvalue weighted by Crippen LogP contribution is -2.49. The van der Waals surface area contributed by atoms with Crippen LogP contribution in [-0.4, -0.2) is 70.6 Å². The Labute approximate surface area is 238 Å². The highest BCUT2D eigenvalue weighted by Gasteiger charge is 2.33. The van der Waals surface area contributed by atoms with E-state index < -0.39 is 6.04 Å². The molecule has 0 saturated carbocycles. The minimum absolute atomic E-state index is 0.0292. The minimum atomic E-state index is -0.393. The molecule has 1 aliphatic heterocycles. The molecule has 0 radical (unpaired) electrons. The summed E-state index contributed by atoms with van der Waals surface area (Å²) in [5, 5.41) is 13.8. The van der Waals surface area contributed by atoms with Gasteiger partial charge in [-0.25, -0.2) is 0 Å². The van der Waals surface area contributed by atoms with Crippen molar-refractivity contribution in [1.82, 2.24) is 14.8 Å². The van der Waals surface area contributed by atoms with Gasteiger partial charge in [-0.15, -0.1) is 0 Å². The Balaban J connectivity index is 1.59. The molecule has 3 aromatic rings. The normalized spacial score (nSPS) is 18.1. The summed E-state index contributed by atoms with van der Waals surface area (Å²) in [4.78, 5) is 34.1. The Morgan fingerprint density at radius 1 is 1.18 bits per heavy atom. The van der Waals surface area contributed by atoms with Crippen molar-refractivity contribution < 1.29 is 19.4 Å². The minimum Gasteiger partial charge on any atom is -0.488 e. The average Bonchev–Trinajstić information content (AvgIpc) is 2.93. The van der Waals surface area contributed by atoms with E-state index in [0.29, 0.717) is 52.2 Å². The molecule has 10 heteroatoms. The van der Waals surface area contributed by atoms with E-state index in [1.807, 2.05) is 33.0 Å². The standard InChI is InChI=1S/C29H32Cl2N4O4/c1-18-14-35(19(2)17-36)29(38)23-13-22(33-28(37)21-8-10-32-11-9-21)5-7-26(23)39-27(18)16-34(3)15-20-4-6-24(30)25(31)12-20/h4-13,18-19,27,36H,14-17H2,1-3H3,(H,33,37)/t18-,19-,27-/m1/s1. The first-order valence-electron chi connectivity index (χ1n) is 12.7. The number of anilines is 1. The van der Waals surface area contributed by atoms with Gasteiger partial charge in [0.1, 0.15) is 11.9 Å². The highest BCUT2D eigenvalue weighted by molar-refractivity contribution is 6.42. The number of likely N-dealkylation sites (N-methyl/N-ethyl adjacent to an activating group) is 1. The lowest BCUT2D eigenvalue weighted by molar-refractivity contribution is 0.0341. The number of aromatic nitrogens is 1. The van der Waals surface area contributed by atoms with Crippen molar-refractivity contribution in [2.75, 3.05) is 32.1 Å². The van der Waals surface area contributed by atoms with Crippen molar-refractivity contribution in [3.8, 4) is 5.75 Å². The van der Waals surface area contributed by atoms with Gasteiger partial charge in [-0.2, -0.15) is 0 Å². The van der Waals surface area contributed by atoms with Gasteiger partial charge >= 0.3 is 0 Å². The van der Waals surface area contributed by atoms with Crippen LogP contribution < -0.4 is 10.1 Å². The van der Waals surface area contributed by atoms with Crippen LogP contribution in [0.2, 0.25) is 10.0 Å². The summed E-state index contributed by atoms with van der Waals surface area (Å²) in [5.41, 5.74) is 2.26. The van der Waals surface area contributed by atoms with Gasteiger partial charge < -0.3 is 20.1 Å². The van der Waals surface area contributed by atoms with E-state index in [1.165, 1.54) is 0 Å². The van der Waals surface area contributed by atoms with E-state index in [0.717, 1.165) is 5.56 Å². The number of benzene rings is 2. The topological polar surface area (TPSA) is 95.0 Å². The van der Waals surface area contributed by atoms with Crippen LogP contribution in [0, 0.1) is 5.92 Å². The lowest BCUT2D eigenvalue weighted by atomic mass is 9.99. The molecule has 2 aromatic carbocycles. The highest BCUT2D eigenvalue weighted by atomic mass is 35.5. The Morgan fingerprint density at radius 2 is 1.92 bits per heavy atom. The molecule has 206 valence electrons. The second-order valence-electron chi connectivity index (χ2n) is 9.97. The number of aliphatic hydroxyl groups excluding tert-OH is 1. The zero-order valence-corrected chi connectivity index (χ0v) is 23.6. The number of carbonyl (C=O) groups excluding carboxylic acids is 2. The maximum absolute atomic E-state index is 13.7. The van der Waals surface area contributed by atoms with E-state index in [9.17, 15) is 14.7 Å². The molecule has 2 N–H and O–H groups in total. The molecule has 1 aliphatic rings. The number of rotatable bonds is 8. The summed E-state index contributed by atoms with van der Waals surface area (Å²) in [6, 6.07) is 13.5. The fourth-order valence-electron chi connectivity index (χ4n) is 4.55. The Hall–Kier alpha value is -3.17. The number of halogens is 2. The molecule has 3 atom stereocenters. The van der Waals surface area contributed by atoms with Gasteiger partial charge in [0.25, 0.3) is 11.8 Å². The summed E-state index contributed by atoms with van der Waals surface area (Å²) < 4.78 is 6.46. The van der Waals surface area contributed by atoms with Gasteiger partial charge in [-0.3, -0.25) is 19.5 Å². The monoisotopic (exact) mass is 570 g/mol. The lowest BCUT2D eigenvalue weighted by Gasteiger charge is -2.38. The first-order chi connectivity index (χ1) is 18.7. The number of ether oxygens (including phenoxy) is 1. The summed E-state index contributed by atoms with van der Waals surface area (Å²) in [5.74, 6) is -0.177. The molecule has 1 aromatic heterocycles. The SMILES string of the molecule is C[C@@H]1CN([C@H](C)CO)C(=O)c2cc(NC(=O)c3ccncc3)ccc2O[C@@H]1CN(C)Cc1ccc(Cl)c(Cl)c1. The fraction of sp³-hybridized carbons (Fsp3) is 0.345. The van der Waals surface area contributed by atoms with E-state index in [4.69, 9.17) is 27.9 Å². The molecule has 4 rings (SSSR count). The van der Waals surface area contributed by atoms with E-state index in [1.54, 1.807) is 53.7 Å². The third kappa shape index (κ3) is 7.08. The number of carbonyl (C=O) groups is 2. The van der Waals surface area contributed by atoms with Crippen molar-refractivity contribution in [2.45, 2.75) is 32.5 Å². The third-order valence-electron chi connectivity index (χ3n) is 6.79. The molecule has 0 aliphatic carbocycles. The molecular formula is C29H32Cl2N4O4. The zero-order chi connectivity index (χ0) is 28.1. The summed E-state index contributed by atoms with van der Waals surface area (Å²) in [6.45, 7) is 5.29. The maximum atomic E-state index is 13.7. The molecule has 0 unspecified atom stereocenters. The number of nitrogens with one attached hydrogen (secondary N) is 1. The van der Waals surface area contributed by atoms with Gasteiger partial charge in [0.2, 0.25) is 0 Å². The molecule has 8 nitrogen and oxygen atoms in total. The largest absolute Gasteiger partial charge is 0.488 e. The molecule has 39 heavy (non-hydrogen) atoms. The van der Waals surface area contributed by atoms with Crippen LogP contribution in [0.15, 0.2) is 60.9 Å². The molecule has 2 amide bonds. The van der Waals surface area contributed by atoms with Crippen LogP contribution in [0.25, 0.3) is 0 Å². The van der Waals surface area contributed by atoms with Crippen molar-refractivity contribution in [2.24, 2.45) is 5.92 Å². The number of hydrogen-bond acceptors (Lipinski definition) is 6. The Bertz CT molecular complexity index is 1320. The van der Waals surface area contributed by atoms with Crippen molar-refractivity contribution >= 4 is 40.7 Å². The van der Waals surface area contributed by atoms with Gasteiger partial charge in [-0.1, -0.05) is 36.2 Å². The summed E-state index contributed by atoms with van der Waals surface area (Å²) >= 11 is 12.3. The number of amides is 2. The van der Waals surface area contributed by atoms with Crippen LogP contribution in [0.1, 0.15) is 40.1 Å². The Kier molecular flexibility index (Phi) is 9.45. The number of pyridine rings is 1. The fourth-order valence-corrected chi connectivity index (χ4v) is 4.87. The first kappa shape index (κ1) is 28.8. The molecule has 0 saturated heterocycles. The molecule has 2 heterocycles. The van der Waals surface area contributed by atoms with Crippen LogP contribution in [0.3, 0.4) is 0 Å². The number of aliphatic hydroxyl groups is 1. The van der Waals surface area contributed by atoms with Gasteiger partial charge in [0, 0.05) is 49.2 Å². The molecule has 0 spiro atoms. The predicted molar refractivity (Wildman–Crippen MR) is 153 cm³/mol. The van der Waals surface area contributed by atoms with Crippen molar-refractivity contribution in [1.29, 1.82) is 0 Å². The number of nitrogens with zero attached hydrogens (tertiary/aromatic N) is 3. The second-order valence-corrected chi connectivity index (χ2v) is 10.8. The summed E-state index contributed by atoms with van der Waals surface area (Å²) in [6.07, 6.45) is 2.83. The first-order valence-corrected chi connectivity index (χ1v) is 13.5. The Morgan fingerprint density at radius 3 is 2.62 bits per heavy atom. The predicted octanol–water partition coefficient (Wildman–Crippen LogP) is 4.99. The molecule has 0 fully saturated rings. The van der Waals surface area contributed by atoms with Crippen LogP contribution in [0.5, 0.6) is 5.75 Å². The van der Waals surface area contributed by atoms with Gasteiger partial charge in [-0.05, 0) is 62.0 Å². The second kappa shape index (κ2) is 12.8. The smallest absolute Gasteiger partial charge is 0.258 e. The molecule has 0 bridgehead atoms. The van der Waals surface area contributed by atoms with E-state index >= 15 is 0 Å².